The van der Waals surface area contributed by atoms with Crippen LogP contribution in [0.4, 0.5) is 4.39 Å². The Hall–Kier alpha value is -0.930. The van der Waals surface area contributed by atoms with E-state index in [0.29, 0.717) is 5.92 Å². The fourth-order valence-electron chi connectivity index (χ4n) is 1.66. The first-order chi connectivity index (χ1) is 7.74. The Morgan fingerprint density at radius 2 is 2.12 bits per heavy atom. The van der Waals surface area contributed by atoms with Crippen molar-refractivity contribution in [1.82, 2.24) is 5.32 Å². The molecule has 1 unspecified atom stereocenters. The molecule has 3 N–H and O–H groups in total. The molecule has 1 rings (SSSR count). The number of hydrogen-bond acceptors (Lipinski definition) is 2. The maximum atomic E-state index is 13.3. The zero-order chi connectivity index (χ0) is 11.8. The van der Waals surface area contributed by atoms with E-state index in [-0.39, 0.29) is 5.82 Å². The molecular weight excluding hydrogens is 203 g/mol. The Morgan fingerprint density at radius 1 is 1.38 bits per heavy atom. The predicted molar refractivity (Wildman–Crippen MR) is 65.8 cm³/mol. The van der Waals surface area contributed by atoms with Gasteiger partial charge in [-0.1, -0.05) is 25.1 Å². The van der Waals surface area contributed by atoms with Crippen molar-refractivity contribution in [3.63, 3.8) is 0 Å². The van der Waals surface area contributed by atoms with Crippen LogP contribution in [0.5, 0.6) is 0 Å². The molecule has 1 aromatic rings. The molecule has 0 radical (unpaired) electrons. The molecule has 16 heavy (non-hydrogen) atoms. The molecule has 0 aliphatic carbocycles. The van der Waals surface area contributed by atoms with Gasteiger partial charge in [0.25, 0.3) is 0 Å². The molecule has 0 bridgehead atoms. The summed E-state index contributed by atoms with van der Waals surface area (Å²) in [5, 5.41) is 3.32. The predicted octanol–water partition coefficient (Wildman–Crippen LogP) is 1.94. The zero-order valence-electron chi connectivity index (χ0n) is 9.88. The van der Waals surface area contributed by atoms with Crippen LogP contribution in [-0.2, 0) is 6.42 Å². The summed E-state index contributed by atoms with van der Waals surface area (Å²) < 4.78 is 13.3. The fourth-order valence-corrected chi connectivity index (χ4v) is 1.66. The van der Waals surface area contributed by atoms with Gasteiger partial charge in [0.05, 0.1) is 0 Å². The van der Waals surface area contributed by atoms with Crippen molar-refractivity contribution in [2.24, 2.45) is 11.7 Å². The zero-order valence-corrected chi connectivity index (χ0v) is 9.88. The lowest BCUT2D eigenvalue weighted by molar-refractivity contribution is 0.487. The third-order valence-corrected chi connectivity index (χ3v) is 2.68. The summed E-state index contributed by atoms with van der Waals surface area (Å²) in [6, 6.07) is 6.93. The number of nitrogens with two attached hydrogens (primary N) is 1. The van der Waals surface area contributed by atoms with Gasteiger partial charge in [-0.25, -0.2) is 4.39 Å². The lowest BCUT2D eigenvalue weighted by Crippen LogP contribution is -2.25. The Labute approximate surface area is 97.0 Å². The lowest BCUT2D eigenvalue weighted by Gasteiger charge is -2.11. The van der Waals surface area contributed by atoms with Crippen LogP contribution in [0.15, 0.2) is 24.3 Å². The van der Waals surface area contributed by atoms with Crippen LogP contribution >= 0.6 is 0 Å². The highest BCUT2D eigenvalue weighted by Crippen LogP contribution is 2.06. The number of hydrogen-bond donors (Lipinski definition) is 2. The van der Waals surface area contributed by atoms with E-state index in [2.05, 4.69) is 12.2 Å². The van der Waals surface area contributed by atoms with Gasteiger partial charge in [-0.05, 0) is 50.0 Å². The van der Waals surface area contributed by atoms with E-state index in [1.54, 1.807) is 6.07 Å². The van der Waals surface area contributed by atoms with E-state index in [9.17, 15) is 4.39 Å². The Morgan fingerprint density at radius 3 is 2.81 bits per heavy atom. The van der Waals surface area contributed by atoms with Crippen LogP contribution in [-0.4, -0.2) is 19.6 Å². The standard InChI is InChI=1S/C13H21FN2/c1-11(6-8-15)10-16-9-7-12-4-2-3-5-13(12)14/h2-5,11,16H,6-10,15H2,1H3. The third-order valence-electron chi connectivity index (χ3n) is 2.68. The van der Waals surface area contributed by atoms with Gasteiger partial charge in [-0.15, -0.1) is 0 Å². The van der Waals surface area contributed by atoms with Gasteiger partial charge < -0.3 is 11.1 Å². The highest BCUT2D eigenvalue weighted by atomic mass is 19.1. The Balaban J connectivity index is 2.19. The second-order valence-corrected chi connectivity index (χ2v) is 4.23. The molecule has 90 valence electrons. The van der Waals surface area contributed by atoms with E-state index in [4.69, 9.17) is 5.73 Å². The quantitative estimate of drug-likeness (QED) is 0.695. The summed E-state index contributed by atoms with van der Waals surface area (Å²) in [4.78, 5) is 0. The second kappa shape index (κ2) is 7.36. The monoisotopic (exact) mass is 224 g/mol. The minimum absolute atomic E-state index is 0.112. The lowest BCUT2D eigenvalue weighted by atomic mass is 10.1. The topological polar surface area (TPSA) is 38.0 Å². The molecule has 0 aliphatic rings. The first kappa shape index (κ1) is 13.1. The molecule has 1 atom stereocenters. The molecule has 0 heterocycles. The largest absolute Gasteiger partial charge is 0.330 e. The highest BCUT2D eigenvalue weighted by molar-refractivity contribution is 5.17. The van der Waals surface area contributed by atoms with Crippen molar-refractivity contribution in [3.05, 3.63) is 35.6 Å². The second-order valence-electron chi connectivity index (χ2n) is 4.23. The Kier molecular flexibility index (Phi) is 6.04. The normalized spacial score (nSPS) is 12.7. The van der Waals surface area contributed by atoms with E-state index in [1.807, 2.05) is 12.1 Å². The summed E-state index contributed by atoms with van der Waals surface area (Å²) in [5.74, 6) is 0.477. The smallest absolute Gasteiger partial charge is 0.126 e. The van der Waals surface area contributed by atoms with Gasteiger partial charge >= 0.3 is 0 Å². The molecule has 0 saturated carbocycles. The van der Waals surface area contributed by atoms with Crippen LogP contribution in [0.25, 0.3) is 0 Å². The van der Waals surface area contributed by atoms with Crippen LogP contribution in [0.3, 0.4) is 0 Å². The van der Waals surface area contributed by atoms with Gasteiger partial charge in [0.2, 0.25) is 0 Å². The van der Waals surface area contributed by atoms with E-state index in [0.717, 1.165) is 38.0 Å². The van der Waals surface area contributed by atoms with Crippen molar-refractivity contribution in [2.45, 2.75) is 19.8 Å². The molecule has 1 aromatic carbocycles. The summed E-state index contributed by atoms with van der Waals surface area (Å²) >= 11 is 0. The van der Waals surface area contributed by atoms with Crippen molar-refractivity contribution in [1.29, 1.82) is 0 Å². The third kappa shape index (κ3) is 4.73. The first-order valence-electron chi connectivity index (χ1n) is 5.88. The maximum absolute atomic E-state index is 13.3. The summed E-state index contributed by atoms with van der Waals surface area (Å²) in [6.07, 6.45) is 1.77. The van der Waals surface area contributed by atoms with Gasteiger partial charge in [0, 0.05) is 0 Å². The van der Waals surface area contributed by atoms with Crippen molar-refractivity contribution in [2.75, 3.05) is 19.6 Å². The van der Waals surface area contributed by atoms with Gasteiger partial charge in [-0.2, -0.15) is 0 Å². The number of rotatable bonds is 7. The molecule has 0 saturated heterocycles. The summed E-state index contributed by atoms with van der Waals surface area (Å²) in [5.41, 5.74) is 6.25. The number of halogens is 1. The van der Waals surface area contributed by atoms with Crippen molar-refractivity contribution in [3.8, 4) is 0 Å². The van der Waals surface area contributed by atoms with Crippen molar-refractivity contribution >= 4 is 0 Å². The Bertz CT molecular complexity index is 302. The fraction of sp³-hybridized carbons (Fsp3) is 0.538. The van der Waals surface area contributed by atoms with Crippen LogP contribution in [0, 0.1) is 11.7 Å². The average Bonchev–Trinajstić information content (AvgIpc) is 2.27. The summed E-state index contributed by atoms with van der Waals surface area (Å²) in [7, 11) is 0. The summed E-state index contributed by atoms with van der Waals surface area (Å²) in [6.45, 7) is 4.67. The van der Waals surface area contributed by atoms with Crippen LogP contribution < -0.4 is 11.1 Å². The van der Waals surface area contributed by atoms with E-state index < -0.39 is 0 Å². The maximum Gasteiger partial charge on any atom is 0.126 e. The average molecular weight is 224 g/mol. The minimum Gasteiger partial charge on any atom is -0.330 e. The van der Waals surface area contributed by atoms with Gasteiger partial charge in [-0.3, -0.25) is 0 Å². The van der Waals surface area contributed by atoms with E-state index >= 15 is 0 Å². The molecule has 0 amide bonds. The molecule has 2 nitrogen and oxygen atoms in total. The highest BCUT2D eigenvalue weighted by Gasteiger charge is 2.02. The molecular formula is C13H21FN2. The van der Waals surface area contributed by atoms with E-state index in [1.165, 1.54) is 6.07 Å². The SMILES string of the molecule is CC(CCN)CNCCc1ccccc1F. The molecule has 3 heteroatoms. The first-order valence-corrected chi connectivity index (χ1v) is 5.88. The van der Waals surface area contributed by atoms with Crippen molar-refractivity contribution < 1.29 is 4.39 Å². The van der Waals surface area contributed by atoms with Crippen LogP contribution in [0.2, 0.25) is 0 Å². The minimum atomic E-state index is -0.112. The molecule has 0 aliphatic heterocycles. The van der Waals surface area contributed by atoms with Gasteiger partial charge in [0.15, 0.2) is 0 Å². The van der Waals surface area contributed by atoms with Crippen LogP contribution in [0.1, 0.15) is 18.9 Å². The molecule has 0 aromatic heterocycles. The number of benzene rings is 1. The molecule has 0 fully saturated rings. The van der Waals surface area contributed by atoms with Gasteiger partial charge in [0.1, 0.15) is 5.82 Å². The molecule has 0 spiro atoms. The number of nitrogens with one attached hydrogen (secondary N) is 1.